The molecule has 0 bridgehead atoms. The summed E-state index contributed by atoms with van der Waals surface area (Å²) in [6, 6.07) is 3.68. The Balaban J connectivity index is 1.41. The molecule has 2 heterocycles. The van der Waals surface area contributed by atoms with E-state index in [9.17, 15) is 9.90 Å². The summed E-state index contributed by atoms with van der Waals surface area (Å²) >= 11 is 0. The van der Waals surface area contributed by atoms with Crippen molar-refractivity contribution >= 4 is 0 Å². The molecule has 132 valence electrons. The first-order chi connectivity index (χ1) is 11.6. The van der Waals surface area contributed by atoms with E-state index < -0.39 is 6.10 Å². The minimum atomic E-state index is -0.486. The number of rotatable bonds is 4. The van der Waals surface area contributed by atoms with Gasteiger partial charge in [-0.3, -0.25) is 4.79 Å². The lowest BCUT2D eigenvalue weighted by molar-refractivity contribution is -0.0338. The first kappa shape index (κ1) is 16.3. The Morgan fingerprint density at radius 1 is 1.08 bits per heavy atom. The minimum absolute atomic E-state index is 0.0253. The lowest BCUT2D eigenvalue weighted by Crippen LogP contribution is -2.42. The van der Waals surface area contributed by atoms with Gasteiger partial charge in [-0.15, -0.1) is 0 Å². The Hall–Kier alpha value is -1.13. The highest BCUT2D eigenvalue weighted by molar-refractivity contribution is 5.18. The lowest BCUT2D eigenvalue weighted by Gasteiger charge is -2.35. The summed E-state index contributed by atoms with van der Waals surface area (Å²) in [5, 5.41) is 10.4. The molecule has 0 saturated heterocycles. The number of nitrogens with zero attached hydrogens (tertiary/aromatic N) is 1. The second-order valence-electron chi connectivity index (χ2n) is 8.06. The van der Waals surface area contributed by atoms with Crippen LogP contribution in [0.3, 0.4) is 0 Å². The lowest BCUT2D eigenvalue weighted by atomic mass is 9.84. The number of aliphatic hydroxyl groups excluding tert-OH is 1. The Labute approximate surface area is 143 Å². The molecule has 3 aliphatic rings. The van der Waals surface area contributed by atoms with Gasteiger partial charge in [-0.25, -0.2) is 0 Å². The summed E-state index contributed by atoms with van der Waals surface area (Å²) < 4.78 is 7.96. The molecule has 1 N–H and O–H groups in total. The van der Waals surface area contributed by atoms with E-state index in [0.29, 0.717) is 19.1 Å². The molecule has 4 rings (SSSR count). The molecule has 4 heteroatoms. The predicted molar refractivity (Wildman–Crippen MR) is 93.2 cm³/mol. The molecule has 1 aromatic rings. The van der Waals surface area contributed by atoms with E-state index in [2.05, 4.69) is 0 Å². The van der Waals surface area contributed by atoms with Crippen molar-refractivity contribution in [2.45, 2.75) is 76.5 Å². The number of hydrogen-bond acceptors (Lipinski definition) is 3. The molecule has 24 heavy (non-hydrogen) atoms. The van der Waals surface area contributed by atoms with Crippen molar-refractivity contribution in [3.63, 3.8) is 0 Å². The van der Waals surface area contributed by atoms with Gasteiger partial charge in [0, 0.05) is 11.3 Å². The van der Waals surface area contributed by atoms with Gasteiger partial charge in [-0.1, -0.05) is 6.07 Å². The van der Waals surface area contributed by atoms with Crippen molar-refractivity contribution in [2.75, 3.05) is 6.61 Å². The number of aromatic nitrogens is 1. The van der Waals surface area contributed by atoms with Crippen molar-refractivity contribution in [1.82, 2.24) is 4.57 Å². The zero-order valence-electron chi connectivity index (χ0n) is 14.6. The Bertz CT molecular complexity index is 641. The zero-order chi connectivity index (χ0) is 16.7. The second-order valence-corrected chi connectivity index (χ2v) is 8.06. The monoisotopic (exact) mass is 331 g/mol. The summed E-state index contributed by atoms with van der Waals surface area (Å²) in [7, 11) is 0. The van der Waals surface area contributed by atoms with Crippen LogP contribution in [0, 0.1) is 18.8 Å². The van der Waals surface area contributed by atoms with Gasteiger partial charge in [0.1, 0.15) is 0 Å². The van der Waals surface area contributed by atoms with Gasteiger partial charge >= 0.3 is 0 Å². The topological polar surface area (TPSA) is 51.5 Å². The van der Waals surface area contributed by atoms with Gasteiger partial charge in [0.05, 0.1) is 24.9 Å². The standard InChI is InChI=1S/C20H29NO3/c1-13-2-7-16-8-11-19(22)18(21(16)20(13)23)12-24-17-9-5-15(6-10-17)14-3-4-14/h2,7,14-15,17-19,22H,3-6,8-12H2,1H3. The highest BCUT2D eigenvalue weighted by atomic mass is 16.5. The van der Waals surface area contributed by atoms with Crippen molar-refractivity contribution in [1.29, 1.82) is 0 Å². The van der Waals surface area contributed by atoms with Crippen molar-refractivity contribution in [3.05, 3.63) is 33.7 Å². The molecule has 0 spiro atoms. The van der Waals surface area contributed by atoms with Crippen LogP contribution < -0.4 is 5.56 Å². The molecule has 0 radical (unpaired) electrons. The van der Waals surface area contributed by atoms with Gasteiger partial charge < -0.3 is 14.4 Å². The minimum Gasteiger partial charge on any atom is -0.391 e. The molecule has 1 aromatic heterocycles. The van der Waals surface area contributed by atoms with Gasteiger partial charge in [0.25, 0.3) is 5.56 Å². The van der Waals surface area contributed by atoms with Crippen molar-refractivity contribution < 1.29 is 9.84 Å². The quantitative estimate of drug-likeness (QED) is 0.923. The van der Waals surface area contributed by atoms with E-state index in [1.54, 1.807) is 4.57 Å². The van der Waals surface area contributed by atoms with E-state index in [4.69, 9.17) is 4.74 Å². The third-order valence-corrected chi connectivity index (χ3v) is 6.37. The van der Waals surface area contributed by atoms with E-state index in [1.807, 2.05) is 19.1 Å². The molecule has 2 aliphatic carbocycles. The largest absolute Gasteiger partial charge is 0.391 e. The average molecular weight is 331 g/mol. The van der Waals surface area contributed by atoms with Crippen LogP contribution in [0.1, 0.15) is 62.2 Å². The Morgan fingerprint density at radius 3 is 2.42 bits per heavy atom. The molecule has 1 aliphatic heterocycles. The zero-order valence-corrected chi connectivity index (χ0v) is 14.6. The van der Waals surface area contributed by atoms with Gasteiger partial charge in [0.15, 0.2) is 0 Å². The molecular formula is C20H29NO3. The maximum atomic E-state index is 12.5. The predicted octanol–water partition coefficient (Wildman–Crippen LogP) is 2.99. The summed E-state index contributed by atoms with van der Waals surface area (Å²) in [4.78, 5) is 12.5. The molecule has 2 atom stereocenters. The molecular weight excluding hydrogens is 302 g/mol. The van der Waals surface area contributed by atoms with Crippen LogP contribution >= 0.6 is 0 Å². The Kier molecular flexibility index (Phi) is 4.52. The smallest absolute Gasteiger partial charge is 0.254 e. The fourth-order valence-corrected chi connectivity index (χ4v) is 4.64. The molecule has 2 saturated carbocycles. The molecule has 2 fully saturated rings. The van der Waals surface area contributed by atoms with Gasteiger partial charge in [-0.2, -0.15) is 0 Å². The number of pyridine rings is 1. The Morgan fingerprint density at radius 2 is 1.75 bits per heavy atom. The van der Waals surface area contributed by atoms with Crippen LogP contribution in [0.4, 0.5) is 0 Å². The van der Waals surface area contributed by atoms with Crippen LogP contribution in [-0.2, 0) is 11.2 Å². The summed E-state index contributed by atoms with van der Waals surface area (Å²) in [6.07, 6.45) is 9.02. The highest BCUT2D eigenvalue weighted by Crippen LogP contribution is 2.44. The third kappa shape index (κ3) is 3.18. The number of aryl methyl sites for hydroxylation is 2. The fourth-order valence-electron chi connectivity index (χ4n) is 4.64. The summed E-state index contributed by atoms with van der Waals surface area (Å²) in [5.41, 5.74) is 1.79. The van der Waals surface area contributed by atoms with Crippen LogP contribution in [0.2, 0.25) is 0 Å². The highest BCUT2D eigenvalue weighted by Gasteiger charge is 2.35. The molecule has 4 nitrogen and oxygen atoms in total. The first-order valence-electron chi connectivity index (χ1n) is 9.64. The normalized spacial score (nSPS) is 33.2. The number of aliphatic hydroxyl groups is 1. The fraction of sp³-hybridized carbons (Fsp3) is 0.750. The van der Waals surface area contributed by atoms with Gasteiger partial charge in [0.2, 0.25) is 0 Å². The summed E-state index contributed by atoms with van der Waals surface area (Å²) in [5.74, 6) is 1.93. The van der Waals surface area contributed by atoms with Crippen LogP contribution in [0.5, 0.6) is 0 Å². The number of fused-ring (bicyclic) bond motifs is 1. The van der Waals surface area contributed by atoms with Crippen LogP contribution in [0.15, 0.2) is 16.9 Å². The van der Waals surface area contributed by atoms with E-state index >= 15 is 0 Å². The van der Waals surface area contributed by atoms with E-state index in [0.717, 1.165) is 42.4 Å². The molecule has 0 aromatic carbocycles. The van der Waals surface area contributed by atoms with Crippen LogP contribution in [-0.4, -0.2) is 28.5 Å². The van der Waals surface area contributed by atoms with E-state index in [-0.39, 0.29) is 11.6 Å². The molecule has 0 amide bonds. The average Bonchev–Trinajstić information content (AvgIpc) is 3.43. The number of ether oxygens (including phenoxy) is 1. The van der Waals surface area contributed by atoms with Gasteiger partial charge in [-0.05, 0) is 76.2 Å². The number of hydrogen-bond donors (Lipinski definition) is 1. The molecule has 2 unspecified atom stereocenters. The van der Waals surface area contributed by atoms with Crippen molar-refractivity contribution in [3.8, 4) is 0 Å². The SMILES string of the molecule is Cc1ccc2n(c1=O)C(COC1CCC(C3CC3)CC1)C(O)CC2. The van der Waals surface area contributed by atoms with E-state index in [1.165, 1.54) is 25.7 Å². The maximum Gasteiger partial charge on any atom is 0.254 e. The van der Waals surface area contributed by atoms with Crippen molar-refractivity contribution in [2.24, 2.45) is 11.8 Å². The maximum absolute atomic E-state index is 12.5. The summed E-state index contributed by atoms with van der Waals surface area (Å²) in [6.45, 7) is 2.30. The third-order valence-electron chi connectivity index (χ3n) is 6.37. The van der Waals surface area contributed by atoms with Crippen LogP contribution in [0.25, 0.3) is 0 Å². The first-order valence-corrected chi connectivity index (χ1v) is 9.64. The second kappa shape index (κ2) is 6.64.